The van der Waals surface area contributed by atoms with Crippen LogP contribution in [0.15, 0.2) is 0 Å². The first-order valence-corrected chi connectivity index (χ1v) is 7.65. The van der Waals surface area contributed by atoms with Crippen LogP contribution in [0.2, 0.25) is 0 Å². The highest BCUT2D eigenvalue weighted by atomic mass is 79.9. The van der Waals surface area contributed by atoms with Gasteiger partial charge in [-0.3, -0.25) is 10.1 Å². The first-order chi connectivity index (χ1) is 10.1. The minimum absolute atomic E-state index is 0.285. The average molecular weight is 385 g/mol. The van der Waals surface area contributed by atoms with Crippen molar-refractivity contribution >= 4 is 33.8 Å². The van der Waals surface area contributed by atoms with Gasteiger partial charge in [-0.05, 0) is 26.2 Å². The van der Waals surface area contributed by atoms with Crippen molar-refractivity contribution in [1.82, 2.24) is 5.32 Å². The summed E-state index contributed by atoms with van der Waals surface area (Å²) in [4.78, 5) is 31.5. The summed E-state index contributed by atoms with van der Waals surface area (Å²) in [5.41, 5.74) is 4.81. The molecule has 0 aromatic rings. The molecule has 130 valence electrons. The smallest absolute Gasteiger partial charge is 0.329 e. The first kappa shape index (κ1) is 23.1. The highest BCUT2D eigenvalue weighted by Crippen LogP contribution is 2.26. The van der Waals surface area contributed by atoms with Crippen LogP contribution >= 0.6 is 15.9 Å². The number of imide groups is 1. The third-order valence-corrected chi connectivity index (χ3v) is 4.15. The molecule has 22 heavy (non-hydrogen) atoms. The Bertz CT molecular complexity index is 358. The topological polar surface area (TPSA) is 139 Å². The van der Waals surface area contributed by atoms with Crippen LogP contribution in [0.5, 0.6) is 0 Å². The van der Waals surface area contributed by atoms with Crippen molar-refractivity contribution < 1.29 is 29.3 Å². The Morgan fingerprint density at radius 2 is 1.82 bits per heavy atom. The largest absolute Gasteiger partial charge is 0.480 e. The second-order valence-electron chi connectivity index (χ2n) is 4.57. The van der Waals surface area contributed by atoms with Gasteiger partial charge in [0.25, 0.3) is 0 Å². The fraction of sp³-hybridized carbons (Fsp3) is 0.769. The number of hydrogen-bond donors (Lipinski definition) is 4. The number of rotatable bonds is 8. The number of urea groups is 1. The van der Waals surface area contributed by atoms with Crippen LogP contribution in [0.4, 0.5) is 4.79 Å². The second kappa shape index (κ2) is 12.4. The van der Waals surface area contributed by atoms with E-state index in [4.69, 9.17) is 15.9 Å². The zero-order valence-electron chi connectivity index (χ0n) is 13.1. The van der Waals surface area contributed by atoms with E-state index in [0.717, 1.165) is 0 Å². The lowest BCUT2D eigenvalue weighted by Gasteiger charge is -2.21. The number of amides is 3. The normalized spacial score (nSPS) is 11.9. The number of carbonyl (C=O) groups excluding carboxylic acids is 2. The molecule has 0 aromatic carbocycles. The Morgan fingerprint density at radius 3 is 2.14 bits per heavy atom. The van der Waals surface area contributed by atoms with Crippen molar-refractivity contribution in [3.8, 4) is 0 Å². The summed E-state index contributed by atoms with van der Waals surface area (Å²) >= 11 is 3.26. The van der Waals surface area contributed by atoms with E-state index in [2.05, 4.69) is 20.7 Å². The van der Waals surface area contributed by atoms with E-state index in [1.165, 1.54) is 0 Å². The monoisotopic (exact) mass is 384 g/mol. The van der Waals surface area contributed by atoms with Gasteiger partial charge in [0.2, 0.25) is 5.91 Å². The Balaban J connectivity index is 0. The van der Waals surface area contributed by atoms with E-state index in [-0.39, 0.29) is 12.5 Å². The zero-order valence-corrected chi connectivity index (χ0v) is 14.7. The average Bonchev–Trinajstić information content (AvgIpc) is 2.42. The van der Waals surface area contributed by atoms with Gasteiger partial charge in [-0.25, -0.2) is 9.59 Å². The van der Waals surface area contributed by atoms with E-state index >= 15 is 0 Å². The summed E-state index contributed by atoms with van der Waals surface area (Å²) in [5, 5.41) is 18.8. The van der Waals surface area contributed by atoms with Gasteiger partial charge in [0, 0.05) is 6.61 Å². The van der Waals surface area contributed by atoms with Crippen molar-refractivity contribution in [2.45, 2.75) is 50.5 Å². The molecule has 1 atom stereocenters. The van der Waals surface area contributed by atoms with Crippen LogP contribution in [0.1, 0.15) is 40.0 Å². The molecule has 5 N–H and O–H groups in total. The lowest BCUT2D eigenvalue weighted by Crippen LogP contribution is -2.46. The maximum absolute atomic E-state index is 11.3. The van der Waals surface area contributed by atoms with Crippen molar-refractivity contribution in [2.24, 2.45) is 5.73 Å². The SMILES string of the molecule is CC(O)CCOCC(=O)O.CCC(Br)(CC)C(=O)NC(N)=O. The maximum atomic E-state index is 11.3. The molecule has 0 rings (SSSR count). The number of carbonyl (C=O) groups is 3. The molecule has 0 aromatic heterocycles. The minimum Gasteiger partial charge on any atom is -0.480 e. The standard InChI is InChI=1S/C7H13BrN2O2.C6H12O4/c1-3-7(8,4-2)5(11)10-6(9)12;1-5(7)2-3-10-4-6(8)9/h3-4H2,1-2H3,(H3,9,10,11,12);5,7H,2-4H2,1H3,(H,8,9). The number of nitrogens with two attached hydrogens (primary N) is 1. The van der Waals surface area contributed by atoms with Gasteiger partial charge in [-0.1, -0.05) is 29.8 Å². The Labute approximate surface area is 138 Å². The molecule has 0 radical (unpaired) electrons. The van der Waals surface area contributed by atoms with Crippen molar-refractivity contribution in [2.75, 3.05) is 13.2 Å². The van der Waals surface area contributed by atoms with Gasteiger partial charge in [-0.15, -0.1) is 0 Å². The number of carboxylic acids is 1. The molecule has 0 aliphatic heterocycles. The van der Waals surface area contributed by atoms with Gasteiger partial charge in [0.05, 0.1) is 6.10 Å². The van der Waals surface area contributed by atoms with Crippen LogP contribution in [0.25, 0.3) is 0 Å². The third-order valence-electron chi connectivity index (χ3n) is 2.67. The quantitative estimate of drug-likeness (QED) is 0.363. The molecule has 8 nitrogen and oxygen atoms in total. The summed E-state index contributed by atoms with van der Waals surface area (Å²) in [5.74, 6) is -1.36. The number of alkyl halides is 1. The molecular weight excluding hydrogens is 360 g/mol. The third kappa shape index (κ3) is 12.5. The van der Waals surface area contributed by atoms with E-state index in [1.54, 1.807) is 6.92 Å². The summed E-state index contributed by atoms with van der Waals surface area (Å²) < 4.78 is 3.98. The van der Waals surface area contributed by atoms with Gasteiger partial charge in [0.1, 0.15) is 10.9 Å². The van der Waals surface area contributed by atoms with Gasteiger partial charge < -0.3 is 20.7 Å². The predicted octanol–water partition coefficient (Wildman–Crippen LogP) is 0.993. The number of aliphatic hydroxyl groups excluding tert-OH is 1. The molecular formula is C13H25BrN2O6. The first-order valence-electron chi connectivity index (χ1n) is 6.86. The van der Waals surface area contributed by atoms with Crippen LogP contribution in [0.3, 0.4) is 0 Å². The van der Waals surface area contributed by atoms with Gasteiger partial charge in [0.15, 0.2) is 0 Å². The lowest BCUT2D eigenvalue weighted by molar-refractivity contribution is -0.142. The summed E-state index contributed by atoms with van der Waals surface area (Å²) in [6.07, 6.45) is 1.28. The van der Waals surface area contributed by atoms with Crippen LogP contribution in [-0.4, -0.2) is 51.8 Å². The van der Waals surface area contributed by atoms with Crippen LogP contribution < -0.4 is 11.1 Å². The number of ether oxygens (including phenoxy) is 1. The second-order valence-corrected chi connectivity index (χ2v) is 6.09. The number of aliphatic hydroxyl groups is 1. The zero-order chi connectivity index (χ0) is 17.8. The number of carboxylic acid groups (broad SMARTS) is 1. The van der Waals surface area contributed by atoms with Crippen LogP contribution in [0, 0.1) is 0 Å². The molecule has 1 unspecified atom stereocenters. The van der Waals surface area contributed by atoms with Crippen molar-refractivity contribution in [3.05, 3.63) is 0 Å². The molecule has 9 heteroatoms. The van der Waals surface area contributed by atoms with Gasteiger partial charge >= 0.3 is 12.0 Å². The van der Waals surface area contributed by atoms with Crippen molar-refractivity contribution in [3.63, 3.8) is 0 Å². The highest BCUT2D eigenvalue weighted by Gasteiger charge is 2.32. The molecule has 0 saturated carbocycles. The number of halogens is 1. The van der Waals surface area contributed by atoms with Crippen molar-refractivity contribution in [1.29, 1.82) is 0 Å². The molecule has 0 spiro atoms. The molecule has 0 saturated heterocycles. The number of aliphatic carboxylic acids is 1. The number of hydrogen-bond acceptors (Lipinski definition) is 5. The van der Waals surface area contributed by atoms with Crippen LogP contribution in [-0.2, 0) is 14.3 Å². The molecule has 3 amide bonds. The summed E-state index contributed by atoms with van der Waals surface area (Å²) in [6.45, 7) is 5.36. The lowest BCUT2D eigenvalue weighted by atomic mass is 10.0. The Hall–Kier alpha value is -1.19. The number of primary amides is 1. The highest BCUT2D eigenvalue weighted by molar-refractivity contribution is 9.10. The number of nitrogens with one attached hydrogen (secondary N) is 1. The molecule has 0 aliphatic carbocycles. The maximum Gasteiger partial charge on any atom is 0.329 e. The van der Waals surface area contributed by atoms with Gasteiger partial charge in [-0.2, -0.15) is 0 Å². The fourth-order valence-corrected chi connectivity index (χ4v) is 1.31. The fourth-order valence-electron chi connectivity index (χ4n) is 1.21. The summed E-state index contributed by atoms with van der Waals surface area (Å²) in [6, 6.07) is -0.814. The molecule has 0 aliphatic rings. The summed E-state index contributed by atoms with van der Waals surface area (Å²) in [7, 11) is 0. The minimum atomic E-state index is -0.981. The molecule has 0 fully saturated rings. The van der Waals surface area contributed by atoms with E-state index in [1.807, 2.05) is 19.2 Å². The van der Waals surface area contributed by atoms with E-state index in [0.29, 0.717) is 25.9 Å². The molecule has 0 heterocycles. The Kier molecular flexibility index (Phi) is 13.0. The molecule has 0 bridgehead atoms. The van der Waals surface area contributed by atoms with E-state index < -0.39 is 22.4 Å². The predicted molar refractivity (Wildman–Crippen MR) is 84.7 cm³/mol. The van der Waals surface area contributed by atoms with E-state index in [9.17, 15) is 14.4 Å². The Morgan fingerprint density at radius 1 is 1.32 bits per heavy atom.